The number of carbonyl (C=O) groups excluding carboxylic acids is 1. The van der Waals surface area contributed by atoms with Gasteiger partial charge in [-0.1, -0.05) is 23.4 Å². The zero-order valence-electron chi connectivity index (χ0n) is 16.4. The van der Waals surface area contributed by atoms with Gasteiger partial charge < -0.3 is 9.88 Å². The van der Waals surface area contributed by atoms with Crippen LogP contribution in [0.2, 0.25) is 0 Å². The third-order valence-electron chi connectivity index (χ3n) is 4.85. The van der Waals surface area contributed by atoms with Crippen molar-refractivity contribution in [3.05, 3.63) is 75.9 Å². The number of nitrogens with one attached hydrogen (secondary N) is 1. The number of fused-ring (bicyclic) bond motifs is 1. The Bertz CT molecular complexity index is 1260. The molecule has 4 aromatic rings. The molecule has 0 aliphatic carbocycles. The van der Waals surface area contributed by atoms with Crippen LogP contribution < -0.4 is 5.32 Å². The number of hydrogen-bond donors (Lipinski definition) is 1. The van der Waals surface area contributed by atoms with Crippen LogP contribution in [0.15, 0.2) is 48.5 Å². The molecule has 0 atom stereocenters. The molecule has 0 fully saturated rings. The van der Waals surface area contributed by atoms with Crippen LogP contribution in [0.4, 0.5) is 5.69 Å². The Labute approximate surface area is 171 Å². The van der Waals surface area contributed by atoms with E-state index in [4.69, 9.17) is 0 Å². The SMILES string of the molecule is CCn1c(CNC(=O)c2nnn(-c3cccc([N+](=O)[O-])c3)c2C)nc2ccccc21. The Kier molecular flexibility index (Phi) is 4.97. The summed E-state index contributed by atoms with van der Waals surface area (Å²) in [5, 5.41) is 21.8. The fraction of sp³-hybridized carbons (Fsp3) is 0.200. The maximum absolute atomic E-state index is 12.7. The van der Waals surface area contributed by atoms with Gasteiger partial charge in [0.2, 0.25) is 0 Å². The second kappa shape index (κ2) is 7.74. The Hall–Kier alpha value is -4.08. The first kappa shape index (κ1) is 19.2. The number of carbonyl (C=O) groups is 1. The fourth-order valence-corrected chi connectivity index (χ4v) is 3.38. The second-order valence-electron chi connectivity index (χ2n) is 6.66. The summed E-state index contributed by atoms with van der Waals surface area (Å²) in [7, 11) is 0. The number of nitro groups is 1. The number of aryl methyl sites for hydroxylation is 1. The van der Waals surface area contributed by atoms with Crippen LogP contribution in [0.3, 0.4) is 0 Å². The van der Waals surface area contributed by atoms with Crippen molar-refractivity contribution in [2.45, 2.75) is 26.9 Å². The molecule has 0 aliphatic heterocycles. The van der Waals surface area contributed by atoms with E-state index in [1.165, 1.54) is 16.8 Å². The molecule has 0 spiro atoms. The first-order valence-electron chi connectivity index (χ1n) is 9.39. The lowest BCUT2D eigenvalue weighted by molar-refractivity contribution is -0.384. The Morgan fingerprint density at radius 3 is 2.77 bits per heavy atom. The molecule has 0 bridgehead atoms. The van der Waals surface area contributed by atoms with E-state index in [-0.39, 0.29) is 23.8 Å². The predicted octanol–water partition coefficient (Wildman–Crippen LogP) is 2.78. The number of hydrogen-bond acceptors (Lipinski definition) is 6. The van der Waals surface area contributed by atoms with E-state index in [1.807, 2.05) is 35.8 Å². The summed E-state index contributed by atoms with van der Waals surface area (Å²) in [6, 6.07) is 13.8. The van der Waals surface area contributed by atoms with E-state index in [0.29, 0.717) is 11.4 Å². The number of imidazole rings is 1. The van der Waals surface area contributed by atoms with Gasteiger partial charge in [-0.15, -0.1) is 5.10 Å². The van der Waals surface area contributed by atoms with Crippen LogP contribution in [0.5, 0.6) is 0 Å². The predicted molar refractivity (Wildman–Crippen MR) is 109 cm³/mol. The normalized spacial score (nSPS) is 11.0. The number of non-ortho nitro benzene ring substituents is 1. The number of rotatable bonds is 6. The molecule has 30 heavy (non-hydrogen) atoms. The molecule has 0 aliphatic rings. The van der Waals surface area contributed by atoms with Gasteiger partial charge in [0.25, 0.3) is 11.6 Å². The highest BCUT2D eigenvalue weighted by Crippen LogP contribution is 2.19. The summed E-state index contributed by atoms with van der Waals surface area (Å²) in [6.45, 7) is 4.68. The highest BCUT2D eigenvalue weighted by Gasteiger charge is 2.19. The van der Waals surface area contributed by atoms with Crippen LogP contribution in [-0.4, -0.2) is 35.4 Å². The number of nitrogens with zero attached hydrogens (tertiary/aromatic N) is 6. The van der Waals surface area contributed by atoms with Crippen molar-refractivity contribution in [2.24, 2.45) is 0 Å². The van der Waals surface area contributed by atoms with Gasteiger partial charge >= 0.3 is 0 Å². The Morgan fingerprint density at radius 2 is 2.00 bits per heavy atom. The third kappa shape index (κ3) is 3.39. The van der Waals surface area contributed by atoms with Gasteiger partial charge in [-0.25, -0.2) is 9.67 Å². The molecule has 0 saturated carbocycles. The highest BCUT2D eigenvalue weighted by molar-refractivity contribution is 5.93. The molecule has 2 aromatic carbocycles. The van der Waals surface area contributed by atoms with Gasteiger partial charge in [0.15, 0.2) is 5.69 Å². The maximum atomic E-state index is 12.7. The zero-order chi connectivity index (χ0) is 21.3. The molecule has 10 nitrogen and oxygen atoms in total. The molecule has 4 rings (SSSR count). The third-order valence-corrected chi connectivity index (χ3v) is 4.85. The van der Waals surface area contributed by atoms with Crippen molar-refractivity contribution < 1.29 is 9.72 Å². The number of para-hydroxylation sites is 2. The average Bonchev–Trinajstić information content (AvgIpc) is 3.32. The minimum absolute atomic E-state index is 0.0631. The molecule has 1 N–H and O–H groups in total. The molecule has 10 heteroatoms. The van der Waals surface area contributed by atoms with Crippen LogP contribution in [-0.2, 0) is 13.1 Å². The second-order valence-corrected chi connectivity index (χ2v) is 6.66. The van der Waals surface area contributed by atoms with Gasteiger partial charge in [0.1, 0.15) is 5.82 Å². The van der Waals surface area contributed by atoms with Gasteiger partial charge in [0.05, 0.1) is 33.9 Å². The molecule has 152 valence electrons. The molecule has 1 amide bonds. The summed E-state index contributed by atoms with van der Waals surface area (Å²) in [5.74, 6) is 0.356. The molecular formula is C20H19N7O3. The first-order valence-corrected chi connectivity index (χ1v) is 9.39. The van der Waals surface area contributed by atoms with E-state index in [0.717, 1.165) is 23.4 Å². The van der Waals surface area contributed by atoms with E-state index >= 15 is 0 Å². The van der Waals surface area contributed by atoms with Gasteiger partial charge in [0, 0.05) is 18.7 Å². The van der Waals surface area contributed by atoms with Gasteiger partial charge in [-0.2, -0.15) is 0 Å². The summed E-state index contributed by atoms with van der Waals surface area (Å²) >= 11 is 0. The largest absolute Gasteiger partial charge is 0.343 e. The van der Waals surface area contributed by atoms with Crippen LogP contribution in [0.25, 0.3) is 16.7 Å². The minimum Gasteiger partial charge on any atom is -0.343 e. The number of nitro benzene ring substituents is 1. The maximum Gasteiger partial charge on any atom is 0.274 e. The summed E-state index contributed by atoms with van der Waals surface area (Å²) in [4.78, 5) is 27.8. The molecular weight excluding hydrogens is 386 g/mol. The number of aromatic nitrogens is 5. The van der Waals surface area contributed by atoms with Crippen LogP contribution in [0.1, 0.15) is 28.9 Å². The average molecular weight is 405 g/mol. The molecule has 2 aromatic heterocycles. The molecule has 0 radical (unpaired) electrons. The zero-order valence-corrected chi connectivity index (χ0v) is 16.4. The molecule has 0 saturated heterocycles. The van der Waals surface area contributed by atoms with E-state index < -0.39 is 4.92 Å². The van der Waals surface area contributed by atoms with Crippen molar-refractivity contribution in [1.82, 2.24) is 29.9 Å². The highest BCUT2D eigenvalue weighted by atomic mass is 16.6. The number of benzene rings is 2. The van der Waals surface area contributed by atoms with Crippen molar-refractivity contribution in [1.29, 1.82) is 0 Å². The van der Waals surface area contributed by atoms with Crippen LogP contribution >= 0.6 is 0 Å². The lowest BCUT2D eigenvalue weighted by Gasteiger charge is -2.07. The van der Waals surface area contributed by atoms with Gasteiger partial charge in [-0.3, -0.25) is 14.9 Å². The van der Waals surface area contributed by atoms with Crippen molar-refractivity contribution in [2.75, 3.05) is 0 Å². The van der Waals surface area contributed by atoms with Crippen molar-refractivity contribution in [3.63, 3.8) is 0 Å². The first-order chi connectivity index (χ1) is 14.5. The van der Waals surface area contributed by atoms with Crippen molar-refractivity contribution in [3.8, 4) is 5.69 Å². The smallest absolute Gasteiger partial charge is 0.274 e. The fourth-order valence-electron chi connectivity index (χ4n) is 3.38. The van der Waals surface area contributed by atoms with E-state index in [9.17, 15) is 14.9 Å². The van der Waals surface area contributed by atoms with E-state index in [1.54, 1.807) is 19.1 Å². The van der Waals surface area contributed by atoms with Gasteiger partial charge in [-0.05, 0) is 32.0 Å². The minimum atomic E-state index is -0.483. The monoisotopic (exact) mass is 405 g/mol. The summed E-state index contributed by atoms with van der Waals surface area (Å²) in [6.07, 6.45) is 0. The standard InChI is InChI=1S/C20H19N7O3/c1-3-25-17-10-5-4-9-16(17)22-18(25)12-21-20(28)19-13(2)26(24-23-19)14-7-6-8-15(11-14)27(29)30/h4-11H,3,12H2,1-2H3,(H,21,28). The Balaban J connectivity index is 1.56. The van der Waals surface area contributed by atoms with E-state index in [2.05, 4.69) is 20.6 Å². The quantitative estimate of drug-likeness (QED) is 0.389. The lowest BCUT2D eigenvalue weighted by Crippen LogP contribution is -2.25. The Morgan fingerprint density at radius 1 is 1.20 bits per heavy atom. The lowest BCUT2D eigenvalue weighted by atomic mass is 10.2. The summed E-state index contributed by atoms with van der Waals surface area (Å²) in [5.41, 5.74) is 2.92. The topological polar surface area (TPSA) is 121 Å². The molecule has 2 heterocycles. The number of amides is 1. The summed E-state index contributed by atoms with van der Waals surface area (Å²) < 4.78 is 3.45. The van der Waals surface area contributed by atoms with Crippen molar-refractivity contribution >= 4 is 22.6 Å². The molecule has 0 unspecified atom stereocenters. The van der Waals surface area contributed by atoms with Crippen LogP contribution in [0, 0.1) is 17.0 Å².